The highest BCUT2D eigenvalue weighted by Gasteiger charge is 2.14. The molecule has 2 aromatic carbocycles. The molecule has 7 heteroatoms. The summed E-state index contributed by atoms with van der Waals surface area (Å²) in [5, 5.41) is 20.7. The first-order valence-electron chi connectivity index (χ1n) is 6.68. The molecule has 0 radical (unpaired) electrons. The Morgan fingerprint density at radius 1 is 1.13 bits per heavy atom. The van der Waals surface area contributed by atoms with Crippen molar-refractivity contribution in [2.75, 3.05) is 0 Å². The van der Waals surface area contributed by atoms with E-state index in [-0.39, 0.29) is 23.0 Å². The Bertz CT molecular complexity index is 872. The molecule has 0 atom stereocenters. The fraction of sp³-hybridized carbons (Fsp3) is 0. The minimum absolute atomic E-state index is 0.0991. The number of benzene rings is 2. The summed E-state index contributed by atoms with van der Waals surface area (Å²) in [6.45, 7) is 0. The first-order valence-corrected chi connectivity index (χ1v) is 6.68. The maximum absolute atomic E-state index is 10.9. The van der Waals surface area contributed by atoms with Crippen LogP contribution in [-0.2, 0) is 0 Å². The van der Waals surface area contributed by atoms with E-state index in [9.17, 15) is 15.2 Å². The smallest absolute Gasteiger partial charge is 0.312 e. The molecule has 1 heterocycles. The average molecular weight is 309 g/mol. The van der Waals surface area contributed by atoms with E-state index in [4.69, 9.17) is 4.42 Å². The summed E-state index contributed by atoms with van der Waals surface area (Å²) >= 11 is 0. The van der Waals surface area contributed by atoms with Crippen molar-refractivity contribution in [3.63, 3.8) is 0 Å². The fourth-order valence-corrected chi connectivity index (χ4v) is 1.97. The van der Waals surface area contributed by atoms with E-state index in [0.717, 1.165) is 0 Å². The molecule has 1 aromatic heterocycles. The van der Waals surface area contributed by atoms with E-state index in [1.165, 1.54) is 18.3 Å². The molecule has 0 aliphatic rings. The van der Waals surface area contributed by atoms with Gasteiger partial charge in [-0.3, -0.25) is 10.1 Å². The number of nitrogens with zero attached hydrogens (tertiary/aromatic N) is 3. The summed E-state index contributed by atoms with van der Waals surface area (Å²) in [5.41, 5.74) is 0.839. The van der Waals surface area contributed by atoms with Crippen molar-refractivity contribution >= 4 is 17.6 Å². The van der Waals surface area contributed by atoms with Crippen LogP contribution < -0.4 is 0 Å². The second-order valence-electron chi connectivity index (χ2n) is 4.58. The number of rotatable bonds is 4. The second-order valence-corrected chi connectivity index (χ2v) is 4.58. The van der Waals surface area contributed by atoms with Crippen LogP contribution in [0.25, 0.3) is 11.5 Å². The summed E-state index contributed by atoms with van der Waals surface area (Å²) < 4.78 is 5.19. The summed E-state index contributed by atoms with van der Waals surface area (Å²) in [4.78, 5) is 18.6. The Labute approximate surface area is 130 Å². The van der Waals surface area contributed by atoms with Gasteiger partial charge in [0.05, 0.1) is 11.1 Å². The van der Waals surface area contributed by atoms with Gasteiger partial charge < -0.3 is 9.52 Å². The van der Waals surface area contributed by atoms with Gasteiger partial charge in [-0.1, -0.05) is 30.3 Å². The second kappa shape index (κ2) is 6.10. The van der Waals surface area contributed by atoms with E-state index >= 15 is 0 Å². The topological polar surface area (TPSA) is 102 Å². The SMILES string of the molecule is O=[N+]([O-])c1ccccc1N=Cc1nc(-c2ccccc2)oc1O. The third-order valence-electron chi connectivity index (χ3n) is 3.06. The van der Waals surface area contributed by atoms with Crippen LogP contribution in [0.3, 0.4) is 0 Å². The Morgan fingerprint density at radius 2 is 1.83 bits per heavy atom. The number of para-hydroxylation sites is 2. The van der Waals surface area contributed by atoms with Crippen molar-refractivity contribution in [3.8, 4) is 17.4 Å². The molecule has 1 N–H and O–H groups in total. The number of hydrogen-bond acceptors (Lipinski definition) is 6. The Kier molecular flexibility index (Phi) is 3.84. The van der Waals surface area contributed by atoms with Crippen LogP contribution in [0.1, 0.15) is 5.69 Å². The van der Waals surface area contributed by atoms with Gasteiger partial charge in [0.15, 0.2) is 5.69 Å². The predicted octanol–water partition coefficient (Wildman–Crippen LogP) is 3.71. The summed E-state index contributed by atoms with van der Waals surface area (Å²) in [5.74, 6) is -0.154. The lowest BCUT2D eigenvalue weighted by molar-refractivity contribution is -0.384. The van der Waals surface area contributed by atoms with Crippen molar-refractivity contribution in [2.24, 2.45) is 4.99 Å². The van der Waals surface area contributed by atoms with Gasteiger partial charge in [0.25, 0.3) is 5.69 Å². The van der Waals surface area contributed by atoms with E-state index in [1.807, 2.05) is 18.2 Å². The van der Waals surface area contributed by atoms with Crippen molar-refractivity contribution in [2.45, 2.75) is 0 Å². The molecule has 114 valence electrons. The van der Waals surface area contributed by atoms with E-state index < -0.39 is 10.9 Å². The number of aromatic nitrogens is 1. The first-order chi connectivity index (χ1) is 11.1. The van der Waals surface area contributed by atoms with Crippen LogP contribution in [0.2, 0.25) is 0 Å². The number of aromatic hydroxyl groups is 1. The van der Waals surface area contributed by atoms with Gasteiger partial charge in [-0.2, -0.15) is 0 Å². The largest absolute Gasteiger partial charge is 0.479 e. The number of hydrogen-bond donors (Lipinski definition) is 1. The average Bonchev–Trinajstić information content (AvgIpc) is 2.95. The van der Waals surface area contributed by atoms with Gasteiger partial charge >= 0.3 is 5.95 Å². The van der Waals surface area contributed by atoms with E-state index in [2.05, 4.69) is 9.98 Å². The third kappa shape index (κ3) is 3.08. The quantitative estimate of drug-likeness (QED) is 0.449. The Hall–Kier alpha value is -3.48. The third-order valence-corrected chi connectivity index (χ3v) is 3.06. The lowest BCUT2D eigenvalue weighted by atomic mass is 10.2. The number of oxazole rings is 1. The molecular weight excluding hydrogens is 298 g/mol. The fourth-order valence-electron chi connectivity index (χ4n) is 1.97. The zero-order chi connectivity index (χ0) is 16.2. The lowest BCUT2D eigenvalue weighted by Crippen LogP contribution is -1.88. The standard InChI is InChI=1S/C16H11N3O4/c20-16-13(18-15(23-16)11-6-2-1-3-7-11)10-17-12-8-4-5-9-14(12)19(21)22/h1-10,20H. The van der Waals surface area contributed by atoms with Crippen molar-refractivity contribution in [1.82, 2.24) is 4.98 Å². The zero-order valence-corrected chi connectivity index (χ0v) is 11.8. The highest BCUT2D eigenvalue weighted by atomic mass is 16.6. The molecule has 0 aliphatic heterocycles. The zero-order valence-electron chi connectivity index (χ0n) is 11.8. The number of nitro benzene ring substituents is 1. The van der Waals surface area contributed by atoms with Gasteiger partial charge in [0, 0.05) is 11.6 Å². The molecule has 0 aliphatic carbocycles. The van der Waals surface area contributed by atoms with Crippen LogP contribution in [0.15, 0.2) is 64.0 Å². The van der Waals surface area contributed by atoms with E-state index in [1.54, 1.807) is 24.3 Å². The Balaban J connectivity index is 1.92. The minimum atomic E-state index is -0.523. The van der Waals surface area contributed by atoms with Gasteiger partial charge in [-0.25, -0.2) is 9.98 Å². The number of nitro groups is 1. The molecule has 0 bridgehead atoms. The molecule has 3 aromatic rings. The lowest BCUT2D eigenvalue weighted by Gasteiger charge is -1.95. The van der Waals surface area contributed by atoms with Crippen LogP contribution in [0.4, 0.5) is 11.4 Å². The monoisotopic (exact) mass is 309 g/mol. The van der Waals surface area contributed by atoms with Crippen molar-refractivity contribution < 1.29 is 14.4 Å². The van der Waals surface area contributed by atoms with Gasteiger partial charge in [-0.05, 0) is 18.2 Å². The maximum Gasteiger partial charge on any atom is 0.312 e. The minimum Gasteiger partial charge on any atom is -0.479 e. The molecule has 0 unspecified atom stereocenters. The molecule has 0 spiro atoms. The summed E-state index contributed by atoms with van der Waals surface area (Å²) in [6.07, 6.45) is 1.23. The summed E-state index contributed by atoms with van der Waals surface area (Å²) in [6, 6.07) is 15.1. The normalized spacial score (nSPS) is 11.0. The molecule has 0 saturated carbocycles. The number of aliphatic imine (C=N–C) groups is 1. The molecule has 23 heavy (non-hydrogen) atoms. The van der Waals surface area contributed by atoms with Crippen molar-refractivity contribution in [3.05, 3.63) is 70.4 Å². The molecule has 0 fully saturated rings. The molecule has 0 saturated heterocycles. The highest BCUT2D eigenvalue weighted by Crippen LogP contribution is 2.28. The highest BCUT2D eigenvalue weighted by molar-refractivity contribution is 5.84. The van der Waals surface area contributed by atoms with Gasteiger partial charge in [0.1, 0.15) is 5.69 Å². The van der Waals surface area contributed by atoms with Gasteiger partial charge in [-0.15, -0.1) is 0 Å². The van der Waals surface area contributed by atoms with Crippen LogP contribution in [-0.4, -0.2) is 21.2 Å². The summed E-state index contributed by atoms with van der Waals surface area (Å²) in [7, 11) is 0. The van der Waals surface area contributed by atoms with Gasteiger partial charge in [0.2, 0.25) is 5.89 Å². The van der Waals surface area contributed by atoms with Crippen LogP contribution >= 0.6 is 0 Å². The van der Waals surface area contributed by atoms with Crippen molar-refractivity contribution in [1.29, 1.82) is 0 Å². The molecule has 3 rings (SSSR count). The molecule has 0 amide bonds. The molecular formula is C16H11N3O4. The molecule has 7 nitrogen and oxygen atoms in total. The Morgan fingerprint density at radius 3 is 2.57 bits per heavy atom. The first kappa shape index (κ1) is 14.5. The van der Waals surface area contributed by atoms with E-state index in [0.29, 0.717) is 5.56 Å². The van der Waals surface area contributed by atoms with Crippen LogP contribution in [0.5, 0.6) is 5.95 Å². The van der Waals surface area contributed by atoms with Crippen LogP contribution in [0, 0.1) is 10.1 Å². The predicted molar refractivity (Wildman–Crippen MR) is 84.0 cm³/mol. The maximum atomic E-state index is 10.9.